The minimum absolute atomic E-state index is 0.176. The van der Waals surface area contributed by atoms with E-state index in [-0.39, 0.29) is 17.6 Å². The number of hydrogen-bond donors (Lipinski definition) is 2. The number of amides is 1. The zero-order chi connectivity index (χ0) is 27.0. The Bertz CT molecular complexity index is 1020. The molecule has 2 N–H and O–H groups in total. The van der Waals surface area contributed by atoms with Gasteiger partial charge >= 0.3 is 0 Å². The summed E-state index contributed by atoms with van der Waals surface area (Å²) in [6.07, 6.45) is 13.3. The van der Waals surface area contributed by atoms with Crippen molar-refractivity contribution in [3.8, 4) is 0 Å². The number of methoxy groups -OCH3 is 1. The zero-order valence-corrected chi connectivity index (χ0v) is 23.4. The van der Waals surface area contributed by atoms with E-state index >= 15 is 0 Å². The molecule has 0 unspecified atom stereocenters. The molecule has 1 aliphatic carbocycles. The van der Waals surface area contributed by atoms with Gasteiger partial charge in [-0.05, 0) is 82.2 Å². The van der Waals surface area contributed by atoms with Crippen LogP contribution in [0.2, 0.25) is 0 Å². The maximum Gasteiger partial charge on any atom is 0.222 e. The molecule has 6 nitrogen and oxygen atoms in total. The highest BCUT2D eigenvalue weighted by Gasteiger charge is 2.43. The van der Waals surface area contributed by atoms with E-state index in [9.17, 15) is 14.3 Å². The number of fused-ring (bicyclic) bond motifs is 1. The number of rotatable bonds is 13. The van der Waals surface area contributed by atoms with Crippen LogP contribution in [-0.4, -0.2) is 56.3 Å². The Morgan fingerprint density at radius 3 is 2.82 bits per heavy atom. The fourth-order valence-corrected chi connectivity index (χ4v) is 6.96. The lowest BCUT2D eigenvalue weighted by Crippen LogP contribution is -2.48. The highest BCUT2D eigenvalue weighted by Crippen LogP contribution is 2.43. The number of nitrogens with zero attached hydrogens (tertiary/aromatic N) is 1. The average molecular weight is 531 g/mol. The van der Waals surface area contributed by atoms with Gasteiger partial charge in [-0.3, -0.25) is 4.79 Å². The van der Waals surface area contributed by atoms with Gasteiger partial charge in [0.25, 0.3) is 0 Å². The first-order valence-electron chi connectivity index (χ1n) is 14.8. The first-order chi connectivity index (χ1) is 18.4. The quantitative estimate of drug-likeness (QED) is 0.310. The summed E-state index contributed by atoms with van der Waals surface area (Å²) in [5.74, 6) is 0.652. The van der Waals surface area contributed by atoms with Crippen LogP contribution in [0.5, 0.6) is 0 Å². The van der Waals surface area contributed by atoms with Gasteiger partial charge in [0.2, 0.25) is 5.91 Å². The summed E-state index contributed by atoms with van der Waals surface area (Å²) in [4.78, 5) is 15.5. The van der Waals surface area contributed by atoms with Crippen molar-refractivity contribution in [2.24, 2.45) is 17.8 Å². The Morgan fingerprint density at radius 2 is 2.05 bits per heavy atom. The Morgan fingerprint density at radius 1 is 1.24 bits per heavy atom. The summed E-state index contributed by atoms with van der Waals surface area (Å²) < 4.78 is 25.7. The fraction of sp³-hybridized carbons (Fsp3) is 0.710. The second-order valence-corrected chi connectivity index (χ2v) is 11.7. The van der Waals surface area contributed by atoms with Crippen molar-refractivity contribution in [3.05, 3.63) is 35.8 Å². The van der Waals surface area contributed by atoms with Crippen LogP contribution in [-0.2, 0) is 15.1 Å². The van der Waals surface area contributed by atoms with Crippen LogP contribution >= 0.6 is 0 Å². The molecule has 3 atom stereocenters. The van der Waals surface area contributed by atoms with E-state index in [1.807, 2.05) is 11.9 Å². The molecule has 2 fully saturated rings. The number of furan rings is 1. The molecule has 1 saturated heterocycles. The summed E-state index contributed by atoms with van der Waals surface area (Å²) in [5, 5.41) is 16.3. The molecule has 212 valence electrons. The molecular weight excluding hydrogens is 483 g/mol. The molecule has 1 aromatic heterocycles. The van der Waals surface area contributed by atoms with Crippen molar-refractivity contribution in [2.45, 2.75) is 82.7 Å². The summed E-state index contributed by atoms with van der Waals surface area (Å²) in [7, 11) is 3.64. The Labute approximate surface area is 227 Å². The first-order valence-corrected chi connectivity index (χ1v) is 14.8. The van der Waals surface area contributed by atoms with Gasteiger partial charge in [-0.2, -0.15) is 0 Å². The number of benzene rings is 1. The number of ether oxygens (including phenoxy) is 1. The van der Waals surface area contributed by atoms with Crippen LogP contribution in [0, 0.1) is 23.6 Å². The van der Waals surface area contributed by atoms with E-state index in [2.05, 4.69) is 5.32 Å². The van der Waals surface area contributed by atoms with Gasteiger partial charge in [0.1, 0.15) is 11.4 Å². The van der Waals surface area contributed by atoms with Crippen molar-refractivity contribution < 1.29 is 23.4 Å². The first kappa shape index (κ1) is 29.0. The number of unbranched alkanes of at least 4 members (excludes halogenated alkanes) is 1. The smallest absolute Gasteiger partial charge is 0.222 e. The molecule has 38 heavy (non-hydrogen) atoms. The predicted molar refractivity (Wildman–Crippen MR) is 148 cm³/mol. The highest BCUT2D eigenvalue weighted by molar-refractivity contribution is 5.81. The summed E-state index contributed by atoms with van der Waals surface area (Å²) >= 11 is 0. The number of carbonyl (C=O) groups excluding carboxylic acids is 1. The standard InChI is InChI=1S/C31H47FN2O4/c1-33-21-24(17-23-9-4-3-5-10-23)18-29(35)34-14-8-11-26(22-34)31(36,13-6-7-15-37-2)28-20-27(32)19-25-12-16-38-30(25)28/h12,16,19-20,23-24,26,33,36H,3-11,13-15,17-18,21-22H2,1-2H3/t24-,26-,31+/m1/s1. The molecule has 1 aliphatic heterocycles. The third-order valence-corrected chi connectivity index (χ3v) is 8.94. The van der Waals surface area contributed by atoms with E-state index in [1.165, 1.54) is 44.2 Å². The van der Waals surface area contributed by atoms with Crippen LogP contribution < -0.4 is 5.32 Å². The fourth-order valence-electron chi connectivity index (χ4n) is 6.96. The molecule has 7 heteroatoms. The Kier molecular flexibility index (Phi) is 10.6. The molecule has 0 bridgehead atoms. The summed E-state index contributed by atoms with van der Waals surface area (Å²) in [6.45, 7) is 2.65. The second kappa shape index (κ2) is 13.9. The number of piperidine rings is 1. The van der Waals surface area contributed by atoms with Gasteiger partial charge in [-0.15, -0.1) is 0 Å². The van der Waals surface area contributed by atoms with Gasteiger partial charge in [0, 0.05) is 50.1 Å². The lowest BCUT2D eigenvalue weighted by atomic mass is 9.73. The van der Waals surface area contributed by atoms with Gasteiger partial charge in [0.15, 0.2) is 0 Å². The molecule has 2 aliphatic rings. The van der Waals surface area contributed by atoms with Crippen LogP contribution in [0.4, 0.5) is 4.39 Å². The molecule has 4 rings (SSSR count). The molecule has 0 radical (unpaired) electrons. The molecule has 2 aromatic rings. The van der Waals surface area contributed by atoms with Gasteiger partial charge in [-0.25, -0.2) is 4.39 Å². The topological polar surface area (TPSA) is 74.9 Å². The van der Waals surface area contributed by atoms with E-state index < -0.39 is 5.60 Å². The van der Waals surface area contributed by atoms with Crippen molar-refractivity contribution >= 4 is 16.9 Å². The van der Waals surface area contributed by atoms with Crippen LogP contribution in [0.3, 0.4) is 0 Å². The molecule has 2 heterocycles. The largest absolute Gasteiger partial charge is 0.464 e. The van der Waals surface area contributed by atoms with Crippen LogP contribution in [0.25, 0.3) is 11.0 Å². The van der Waals surface area contributed by atoms with Crippen LogP contribution in [0.15, 0.2) is 28.9 Å². The Hall–Kier alpha value is -1.96. The van der Waals surface area contributed by atoms with Gasteiger partial charge in [-0.1, -0.05) is 32.1 Å². The maximum atomic E-state index is 14.7. The van der Waals surface area contributed by atoms with Crippen molar-refractivity contribution in [1.82, 2.24) is 10.2 Å². The minimum Gasteiger partial charge on any atom is -0.464 e. The van der Waals surface area contributed by atoms with E-state index in [1.54, 1.807) is 19.4 Å². The summed E-state index contributed by atoms with van der Waals surface area (Å²) in [5.41, 5.74) is -0.262. The predicted octanol–water partition coefficient (Wildman–Crippen LogP) is 6.01. The number of aliphatic hydroxyl groups is 1. The monoisotopic (exact) mass is 530 g/mol. The SMILES string of the molecule is CNC[C@@H](CC(=O)N1CCC[C@@H]([C@@](O)(CCCCOC)c2cc(F)cc3ccoc23)C1)CC1CCCCC1. The van der Waals surface area contributed by atoms with Gasteiger partial charge < -0.3 is 24.5 Å². The van der Waals surface area contributed by atoms with E-state index in [0.717, 1.165) is 44.6 Å². The maximum absolute atomic E-state index is 14.7. The van der Waals surface area contributed by atoms with Crippen LogP contribution in [0.1, 0.15) is 82.6 Å². The number of hydrogen-bond acceptors (Lipinski definition) is 5. The molecule has 1 aromatic carbocycles. The minimum atomic E-state index is -1.29. The number of halogens is 1. The van der Waals surface area contributed by atoms with Crippen molar-refractivity contribution in [1.29, 1.82) is 0 Å². The zero-order valence-electron chi connectivity index (χ0n) is 23.4. The van der Waals surface area contributed by atoms with E-state index in [4.69, 9.17) is 9.15 Å². The third-order valence-electron chi connectivity index (χ3n) is 8.94. The number of nitrogens with one attached hydrogen (secondary N) is 1. The lowest BCUT2D eigenvalue weighted by Gasteiger charge is -2.43. The third kappa shape index (κ3) is 7.16. The highest BCUT2D eigenvalue weighted by atomic mass is 19.1. The molecular formula is C31H47FN2O4. The lowest BCUT2D eigenvalue weighted by molar-refractivity contribution is -0.137. The normalized spacial score (nSPS) is 21.5. The molecule has 1 saturated carbocycles. The Balaban J connectivity index is 1.51. The average Bonchev–Trinajstić information content (AvgIpc) is 3.39. The second-order valence-electron chi connectivity index (χ2n) is 11.7. The van der Waals surface area contributed by atoms with Crippen molar-refractivity contribution in [3.63, 3.8) is 0 Å². The van der Waals surface area contributed by atoms with Crippen molar-refractivity contribution in [2.75, 3.05) is 40.4 Å². The summed E-state index contributed by atoms with van der Waals surface area (Å²) in [6, 6.07) is 4.60. The number of likely N-dealkylation sites (tertiary alicyclic amines) is 1. The molecule has 0 spiro atoms. The van der Waals surface area contributed by atoms with E-state index in [0.29, 0.717) is 55.0 Å². The number of carbonyl (C=O) groups is 1. The molecule has 1 amide bonds. The van der Waals surface area contributed by atoms with Gasteiger partial charge in [0.05, 0.1) is 11.9 Å².